The minimum atomic E-state index is 0.00855. The molecule has 2 aromatic rings. The molecule has 29 heavy (non-hydrogen) atoms. The number of hydrogen-bond donors (Lipinski definition) is 1. The van der Waals surface area contributed by atoms with Gasteiger partial charge in [-0.3, -0.25) is 14.5 Å². The van der Waals surface area contributed by atoms with E-state index in [0.717, 1.165) is 17.1 Å². The Bertz CT molecular complexity index is 883. The number of amides is 2. The van der Waals surface area contributed by atoms with Crippen LogP contribution in [-0.4, -0.2) is 70.2 Å². The third-order valence-electron chi connectivity index (χ3n) is 5.04. The Balaban J connectivity index is 1.59. The lowest BCUT2D eigenvalue weighted by Gasteiger charge is -2.34. The summed E-state index contributed by atoms with van der Waals surface area (Å²) in [5.74, 6) is 0.0360. The van der Waals surface area contributed by atoms with Crippen LogP contribution in [0.5, 0.6) is 0 Å². The highest BCUT2D eigenvalue weighted by Gasteiger charge is 2.23. The fourth-order valence-corrected chi connectivity index (χ4v) is 3.60. The van der Waals surface area contributed by atoms with Crippen LogP contribution in [-0.2, 0) is 4.79 Å². The minimum absolute atomic E-state index is 0.00855. The maximum atomic E-state index is 12.8. The Hall–Kier alpha value is -2.38. The number of aryl methyl sites for hydroxylation is 1. The largest absolute Gasteiger partial charge is 0.353 e. The first-order valence-corrected chi connectivity index (χ1v) is 10.3. The van der Waals surface area contributed by atoms with Gasteiger partial charge in [-0.25, -0.2) is 4.68 Å². The van der Waals surface area contributed by atoms with E-state index in [1.165, 1.54) is 0 Å². The maximum absolute atomic E-state index is 12.8. The fourth-order valence-electron chi connectivity index (χ4n) is 3.48. The van der Waals surface area contributed by atoms with Gasteiger partial charge in [-0.2, -0.15) is 5.10 Å². The molecular formula is C21H28ClN5O2. The second kappa shape index (κ2) is 8.97. The Labute approximate surface area is 176 Å². The number of nitrogens with one attached hydrogen (secondary N) is 1. The topological polar surface area (TPSA) is 70.5 Å². The summed E-state index contributed by atoms with van der Waals surface area (Å²) >= 11 is 6.23. The number of carbonyl (C=O) groups is 2. The van der Waals surface area contributed by atoms with Gasteiger partial charge in [-0.05, 0) is 52.0 Å². The Kier molecular flexibility index (Phi) is 6.59. The van der Waals surface area contributed by atoms with Crippen LogP contribution < -0.4 is 5.32 Å². The van der Waals surface area contributed by atoms with Gasteiger partial charge in [-0.15, -0.1) is 0 Å². The molecule has 0 saturated carbocycles. The number of aromatic nitrogens is 2. The summed E-state index contributed by atoms with van der Waals surface area (Å²) < 4.78 is 1.78. The van der Waals surface area contributed by atoms with Gasteiger partial charge >= 0.3 is 0 Å². The summed E-state index contributed by atoms with van der Waals surface area (Å²) in [4.78, 5) is 28.7. The van der Waals surface area contributed by atoms with E-state index in [0.29, 0.717) is 43.3 Å². The Morgan fingerprint density at radius 3 is 2.24 bits per heavy atom. The normalized spacial score (nSPS) is 15.0. The first-order valence-electron chi connectivity index (χ1n) is 9.89. The molecule has 0 aliphatic carbocycles. The van der Waals surface area contributed by atoms with Gasteiger partial charge in [0.05, 0.1) is 28.6 Å². The van der Waals surface area contributed by atoms with Gasteiger partial charge in [0, 0.05) is 37.8 Å². The summed E-state index contributed by atoms with van der Waals surface area (Å²) in [5, 5.41) is 8.00. The lowest BCUT2D eigenvalue weighted by molar-refractivity contribution is -0.123. The van der Waals surface area contributed by atoms with Crippen LogP contribution in [0, 0.1) is 13.8 Å². The molecule has 0 spiro atoms. The van der Waals surface area contributed by atoms with Gasteiger partial charge in [0.1, 0.15) is 0 Å². The van der Waals surface area contributed by atoms with Gasteiger partial charge in [0.15, 0.2) is 0 Å². The number of piperazine rings is 1. The Morgan fingerprint density at radius 2 is 1.72 bits per heavy atom. The molecule has 2 amide bonds. The monoisotopic (exact) mass is 417 g/mol. The molecule has 3 rings (SSSR count). The van der Waals surface area contributed by atoms with Gasteiger partial charge in [-0.1, -0.05) is 11.6 Å². The van der Waals surface area contributed by atoms with E-state index in [2.05, 4.69) is 15.3 Å². The lowest BCUT2D eigenvalue weighted by atomic mass is 10.1. The molecule has 1 N–H and O–H groups in total. The van der Waals surface area contributed by atoms with Crippen molar-refractivity contribution >= 4 is 23.4 Å². The van der Waals surface area contributed by atoms with E-state index in [1.807, 2.05) is 56.9 Å². The summed E-state index contributed by atoms with van der Waals surface area (Å²) in [5.41, 5.74) is 3.17. The number of carbonyl (C=O) groups excluding carboxylic acids is 2. The predicted molar refractivity (Wildman–Crippen MR) is 114 cm³/mol. The van der Waals surface area contributed by atoms with Gasteiger partial charge in [0.2, 0.25) is 5.91 Å². The molecule has 1 aromatic carbocycles. The van der Waals surface area contributed by atoms with E-state index < -0.39 is 0 Å². The first kappa shape index (κ1) is 21.3. The maximum Gasteiger partial charge on any atom is 0.253 e. The molecule has 1 aliphatic heterocycles. The smallest absolute Gasteiger partial charge is 0.253 e. The van der Waals surface area contributed by atoms with Gasteiger partial charge in [0.25, 0.3) is 5.91 Å². The first-order chi connectivity index (χ1) is 13.8. The lowest BCUT2D eigenvalue weighted by Crippen LogP contribution is -2.51. The van der Waals surface area contributed by atoms with Crippen LogP contribution in [0.3, 0.4) is 0 Å². The zero-order valence-corrected chi connectivity index (χ0v) is 18.2. The number of halogens is 1. The fraction of sp³-hybridized carbons (Fsp3) is 0.476. The third-order valence-corrected chi connectivity index (χ3v) is 5.59. The highest BCUT2D eigenvalue weighted by molar-refractivity contribution is 6.31. The highest BCUT2D eigenvalue weighted by Crippen LogP contribution is 2.22. The molecule has 156 valence electrons. The summed E-state index contributed by atoms with van der Waals surface area (Å²) in [7, 11) is 0. The van der Waals surface area contributed by atoms with Crippen molar-refractivity contribution in [1.29, 1.82) is 0 Å². The zero-order chi connectivity index (χ0) is 21.1. The number of nitrogens with zero attached hydrogens (tertiary/aromatic N) is 4. The van der Waals surface area contributed by atoms with Crippen LogP contribution in [0.1, 0.15) is 35.6 Å². The highest BCUT2D eigenvalue weighted by atomic mass is 35.5. The van der Waals surface area contributed by atoms with Gasteiger partial charge < -0.3 is 10.2 Å². The Morgan fingerprint density at radius 1 is 1.10 bits per heavy atom. The predicted octanol–water partition coefficient (Wildman–Crippen LogP) is 2.42. The van der Waals surface area contributed by atoms with Crippen molar-refractivity contribution < 1.29 is 9.59 Å². The second-order valence-electron chi connectivity index (χ2n) is 7.73. The molecule has 1 aliphatic rings. The molecule has 2 heterocycles. The van der Waals surface area contributed by atoms with E-state index in [9.17, 15) is 9.59 Å². The summed E-state index contributed by atoms with van der Waals surface area (Å²) in [6.07, 6.45) is 0. The van der Waals surface area contributed by atoms with Crippen molar-refractivity contribution in [1.82, 2.24) is 24.9 Å². The van der Waals surface area contributed by atoms with Crippen LogP contribution in [0.15, 0.2) is 24.3 Å². The number of benzene rings is 1. The van der Waals surface area contributed by atoms with E-state index in [1.54, 1.807) is 4.68 Å². The molecular weight excluding hydrogens is 390 g/mol. The average molecular weight is 418 g/mol. The van der Waals surface area contributed by atoms with Crippen molar-refractivity contribution in [3.05, 3.63) is 46.2 Å². The van der Waals surface area contributed by atoms with Crippen LogP contribution in [0.4, 0.5) is 0 Å². The van der Waals surface area contributed by atoms with Crippen LogP contribution in [0.25, 0.3) is 5.69 Å². The molecule has 8 heteroatoms. The molecule has 0 bridgehead atoms. The van der Waals surface area contributed by atoms with E-state index >= 15 is 0 Å². The van der Waals surface area contributed by atoms with E-state index in [-0.39, 0.29) is 17.9 Å². The molecule has 7 nitrogen and oxygen atoms in total. The second-order valence-corrected chi connectivity index (χ2v) is 8.11. The SMILES string of the molecule is Cc1nn(-c2ccc(C(=O)N3CCN(CC(=O)NC(C)C)CC3)cc2)c(C)c1Cl. The average Bonchev–Trinajstić information content (AvgIpc) is 2.95. The van der Waals surface area contributed by atoms with Crippen molar-refractivity contribution in [3.63, 3.8) is 0 Å². The molecule has 0 unspecified atom stereocenters. The van der Waals surface area contributed by atoms with Crippen molar-refractivity contribution in [2.45, 2.75) is 33.7 Å². The molecule has 1 saturated heterocycles. The molecule has 1 fully saturated rings. The van der Waals surface area contributed by atoms with Crippen molar-refractivity contribution in [3.8, 4) is 5.69 Å². The zero-order valence-electron chi connectivity index (χ0n) is 17.4. The third kappa shape index (κ3) is 4.97. The summed E-state index contributed by atoms with van der Waals surface area (Å²) in [6, 6.07) is 7.55. The van der Waals surface area contributed by atoms with Crippen molar-refractivity contribution in [2.75, 3.05) is 32.7 Å². The minimum Gasteiger partial charge on any atom is -0.353 e. The molecule has 0 atom stereocenters. The van der Waals surface area contributed by atoms with E-state index in [4.69, 9.17) is 11.6 Å². The standard InChI is InChI=1S/C21H28ClN5O2/c1-14(2)23-19(28)13-25-9-11-26(12-10-25)21(29)17-5-7-18(8-6-17)27-16(4)20(22)15(3)24-27/h5-8,14H,9-13H2,1-4H3,(H,23,28). The quantitative estimate of drug-likeness (QED) is 0.811. The number of rotatable bonds is 5. The van der Waals surface area contributed by atoms with Crippen LogP contribution >= 0.6 is 11.6 Å². The van der Waals surface area contributed by atoms with Crippen molar-refractivity contribution in [2.24, 2.45) is 0 Å². The summed E-state index contributed by atoms with van der Waals surface area (Å²) in [6.45, 7) is 10.7. The number of hydrogen-bond acceptors (Lipinski definition) is 4. The van der Waals surface area contributed by atoms with Crippen LogP contribution in [0.2, 0.25) is 5.02 Å². The molecule has 0 radical (unpaired) electrons. The molecule has 1 aromatic heterocycles.